The van der Waals surface area contributed by atoms with Gasteiger partial charge in [0.05, 0.1) is 6.42 Å². The lowest BCUT2D eigenvalue weighted by molar-refractivity contribution is -0.160. The third-order valence-electron chi connectivity index (χ3n) is 4.90. The summed E-state index contributed by atoms with van der Waals surface area (Å²) in [6.07, 6.45) is -0.600. The lowest BCUT2D eigenvalue weighted by Gasteiger charge is -2.40. The molecule has 30 heavy (non-hydrogen) atoms. The first kappa shape index (κ1) is 26.7. The van der Waals surface area contributed by atoms with Gasteiger partial charge in [-0.25, -0.2) is 0 Å². The normalized spacial score (nSPS) is 14.7. The van der Waals surface area contributed by atoms with Crippen molar-refractivity contribution in [1.29, 1.82) is 0 Å². The van der Waals surface area contributed by atoms with Crippen molar-refractivity contribution < 1.29 is 23.5 Å². The average molecular weight is 455 g/mol. The highest BCUT2D eigenvalue weighted by Gasteiger charge is 2.42. The fourth-order valence-corrected chi connectivity index (χ4v) is 4.85. The molecule has 1 rings (SSSR count). The van der Waals surface area contributed by atoms with Gasteiger partial charge in [0.2, 0.25) is 0 Å². The van der Waals surface area contributed by atoms with Crippen molar-refractivity contribution in [2.24, 2.45) is 0 Å². The van der Waals surface area contributed by atoms with Crippen molar-refractivity contribution in [1.82, 2.24) is 0 Å². The maximum Gasteiger partial charge on any atom is 0.309 e. The molecular weight excluding hydrogens is 416 g/mol. The molecule has 0 aliphatic rings. The standard InChI is InChI=1S/C23H38O5SSi/c1-16-11-13-18(14-12-16)29-21(26-17(2)24)19(15-20(25)27-22(3,4)5)28-30(9,10)23(6,7)8/h11-14,19,21H,15H2,1-10H3/t19-,21?/m1/s1. The Balaban J connectivity index is 3.23. The Bertz CT molecular complexity index is 717. The van der Waals surface area contributed by atoms with Crippen LogP contribution in [-0.2, 0) is 23.5 Å². The second-order valence-electron chi connectivity index (χ2n) is 10.1. The van der Waals surface area contributed by atoms with Crippen LogP contribution in [0.2, 0.25) is 18.1 Å². The van der Waals surface area contributed by atoms with E-state index < -0.39 is 31.4 Å². The molecule has 0 aliphatic carbocycles. The summed E-state index contributed by atoms with van der Waals surface area (Å²) in [6, 6.07) is 7.97. The number of aryl methyl sites for hydroxylation is 1. The molecule has 0 N–H and O–H groups in total. The van der Waals surface area contributed by atoms with Crippen LogP contribution in [0.25, 0.3) is 0 Å². The number of carbonyl (C=O) groups is 2. The minimum absolute atomic E-state index is 0.0145. The summed E-state index contributed by atoms with van der Waals surface area (Å²) in [4.78, 5) is 25.5. The predicted octanol–water partition coefficient (Wildman–Crippen LogP) is 6.10. The fraction of sp³-hybridized carbons (Fsp3) is 0.652. The molecule has 0 saturated heterocycles. The van der Waals surface area contributed by atoms with Crippen molar-refractivity contribution in [3.8, 4) is 0 Å². The maximum absolute atomic E-state index is 12.7. The molecule has 1 aromatic carbocycles. The van der Waals surface area contributed by atoms with E-state index in [1.807, 2.05) is 52.0 Å². The lowest BCUT2D eigenvalue weighted by atomic mass is 10.2. The van der Waals surface area contributed by atoms with Crippen molar-refractivity contribution in [2.45, 2.75) is 102 Å². The average Bonchev–Trinajstić information content (AvgIpc) is 2.52. The van der Waals surface area contributed by atoms with Crippen LogP contribution < -0.4 is 0 Å². The molecule has 1 aromatic rings. The first-order valence-corrected chi connectivity index (χ1v) is 14.1. The number of esters is 2. The minimum Gasteiger partial charge on any atom is -0.460 e. The Morgan fingerprint density at radius 3 is 2.00 bits per heavy atom. The van der Waals surface area contributed by atoms with Gasteiger partial charge in [-0.1, -0.05) is 50.2 Å². The van der Waals surface area contributed by atoms with Gasteiger partial charge < -0.3 is 13.9 Å². The summed E-state index contributed by atoms with van der Waals surface area (Å²) in [7, 11) is -2.25. The molecule has 0 spiro atoms. The molecule has 2 atom stereocenters. The van der Waals surface area contributed by atoms with Crippen LogP contribution in [0.4, 0.5) is 0 Å². The highest BCUT2D eigenvalue weighted by Crippen LogP contribution is 2.40. The fourth-order valence-electron chi connectivity index (χ4n) is 2.39. The molecular formula is C23H38O5SSi. The third kappa shape index (κ3) is 9.23. The smallest absolute Gasteiger partial charge is 0.309 e. The molecule has 170 valence electrons. The number of rotatable bonds is 8. The minimum atomic E-state index is -2.25. The molecule has 0 saturated carbocycles. The van der Waals surface area contributed by atoms with Crippen LogP contribution in [0.15, 0.2) is 29.2 Å². The summed E-state index contributed by atoms with van der Waals surface area (Å²) < 4.78 is 17.8. The van der Waals surface area contributed by atoms with Gasteiger partial charge in [0, 0.05) is 11.8 Å². The van der Waals surface area contributed by atoms with Gasteiger partial charge in [-0.05, 0) is 58.0 Å². The van der Waals surface area contributed by atoms with Gasteiger partial charge in [-0.15, -0.1) is 0 Å². The molecule has 0 aromatic heterocycles. The van der Waals surface area contributed by atoms with E-state index >= 15 is 0 Å². The quantitative estimate of drug-likeness (QED) is 0.205. The van der Waals surface area contributed by atoms with Crippen molar-refractivity contribution in [3.05, 3.63) is 29.8 Å². The Morgan fingerprint density at radius 1 is 1.03 bits per heavy atom. The number of benzene rings is 1. The van der Waals surface area contributed by atoms with E-state index in [2.05, 4.69) is 33.9 Å². The summed E-state index contributed by atoms with van der Waals surface area (Å²) >= 11 is 1.39. The van der Waals surface area contributed by atoms with Crippen LogP contribution in [-0.4, -0.2) is 37.4 Å². The number of hydrogen-bond acceptors (Lipinski definition) is 6. The second-order valence-corrected chi connectivity index (χ2v) is 16.0. The highest BCUT2D eigenvalue weighted by molar-refractivity contribution is 7.99. The maximum atomic E-state index is 12.7. The molecule has 7 heteroatoms. The van der Waals surface area contributed by atoms with Crippen molar-refractivity contribution in [2.75, 3.05) is 0 Å². The van der Waals surface area contributed by atoms with Gasteiger partial charge in [0.1, 0.15) is 11.7 Å². The predicted molar refractivity (Wildman–Crippen MR) is 125 cm³/mol. The van der Waals surface area contributed by atoms with Crippen LogP contribution >= 0.6 is 11.8 Å². The van der Waals surface area contributed by atoms with Crippen LogP contribution in [0.5, 0.6) is 0 Å². The van der Waals surface area contributed by atoms with Gasteiger partial charge in [-0.3, -0.25) is 9.59 Å². The van der Waals surface area contributed by atoms with Gasteiger partial charge in [0.15, 0.2) is 13.8 Å². The molecule has 0 radical (unpaired) electrons. The number of thioether (sulfide) groups is 1. The number of carbonyl (C=O) groups excluding carboxylic acids is 2. The zero-order chi connectivity index (χ0) is 23.3. The zero-order valence-electron chi connectivity index (χ0n) is 20.1. The first-order chi connectivity index (χ1) is 13.5. The molecule has 0 heterocycles. The molecule has 0 fully saturated rings. The van der Waals surface area contributed by atoms with E-state index in [-0.39, 0.29) is 17.4 Å². The Morgan fingerprint density at radius 2 is 1.57 bits per heavy atom. The van der Waals surface area contributed by atoms with Gasteiger partial charge in [0.25, 0.3) is 0 Å². The molecule has 0 amide bonds. The zero-order valence-corrected chi connectivity index (χ0v) is 21.9. The molecule has 1 unspecified atom stereocenters. The largest absolute Gasteiger partial charge is 0.460 e. The third-order valence-corrected chi connectivity index (χ3v) is 10.6. The van der Waals surface area contributed by atoms with E-state index in [0.717, 1.165) is 10.5 Å². The molecule has 0 bridgehead atoms. The van der Waals surface area contributed by atoms with E-state index in [4.69, 9.17) is 13.9 Å². The SMILES string of the molecule is CC(=O)OC(Sc1ccc(C)cc1)[C@@H](CC(=O)OC(C)(C)C)O[Si](C)(C)C(C)(C)C. The topological polar surface area (TPSA) is 61.8 Å². The molecule has 0 aliphatic heterocycles. The lowest BCUT2D eigenvalue weighted by Crippen LogP contribution is -2.48. The summed E-state index contributed by atoms with van der Waals surface area (Å²) in [5.74, 6) is -0.777. The van der Waals surface area contributed by atoms with Gasteiger partial charge in [-0.2, -0.15) is 0 Å². The summed E-state index contributed by atoms with van der Waals surface area (Å²) in [6.45, 7) is 19.5. The number of ether oxygens (including phenoxy) is 2. The summed E-state index contributed by atoms with van der Waals surface area (Å²) in [5, 5.41) is -0.0610. The summed E-state index contributed by atoms with van der Waals surface area (Å²) in [5.41, 5.74) is -0.113. The first-order valence-electron chi connectivity index (χ1n) is 10.3. The Hall–Kier alpha value is -1.31. The number of hydrogen-bond donors (Lipinski definition) is 0. The van der Waals surface area contributed by atoms with Crippen molar-refractivity contribution in [3.63, 3.8) is 0 Å². The van der Waals surface area contributed by atoms with E-state index in [9.17, 15) is 9.59 Å². The Labute approximate surface area is 187 Å². The highest BCUT2D eigenvalue weighted by atomic mass is 32.2. The molecule has 5 nitrogen and oxygen atoms in total. The monoisotopic (exact) mass is 454 g/mol. The van der Waals surface area contributed by atoms with E-state index in [1.54, 1.807) is 0 Å². The van der Waals surface area contributed by atoms with E-state index in [0.29, 0.717) is 0 Å². The Kier molecular flexibility index (Phi) is 9.20. The second kappa shape index (κ2) is 10.3. The van der Waals surface area contributed by atoms with E-state index in [1.165, 1.54) is 18.7 Å². The van der Waals surface area contributed by atoms with Gasteiger partial charge >= 0.3 is 11.9 Å². The van der Waals surface area contributed by atoms with Crippen LogP contribution in [0, 0.1) is 6.92 Å². The van der Waals surface area contributed by atoms with Crippen LogP contribution in [0.3, 0.4) is 0 Å². The van der Waals surface area contributed by atoms with Crippen molar-refractivity contribution >= 4 is 32.0 Å². The van der Waals surface area contributed by atoms with Crippen LogP contribution in [0.1, 0.15) is 60.5 Å².